The van der Waals surface area contributed by atoms with Crippen LogP contribution in [0.4, 0.5) is 0 Å². The standard InChI is InChI=1S/C18H25N5O2S/c24-17(13-26-18-19-20-21-23(18)15-8-3-4-9-15)22(14-6-1-2-7-14)12-16-10-5-11-25-16/h5,10-11,14-15H,1-4,6-9,12-13H2. The van der Waals surface area contributed by atoms with E-state index in [0.717, 1.165) is 36.6 Å². The normalized spacial score (nSPS) is 18.6. The molecule has 1 amide bonds. The molecule has 2 aliphatic rings. The highest BCUT2D eigenvalue weighted by Gasteiger charge is 2.28. The Bertz CT molecular complexity index is 705. The maximum atomic E-state index is 13.0. The fraction of sp³-hybridized carbons (Fsp3) is 0.667. The second-order valence-electron chi connectivity index (χ2n) is 7.17. The van der Waals surface area contributed by atoms with Crippen LogP contribution >= 0.6 is 11.8 Å². The van der Waals surface area contributed by atoms with Crippen LogP contribution in [-0.2, 0) is 11.3 Å². The van der Waals surface area contributed by atoms with Crippen molar-refractivity contribution in [2.24, 2.45) is 0 Å². The molecule has 2 aromatic heterocycles. The van der Waals surface area contributed by atoms with Gasteiger partial charge < -0.3 is 9.32 Å². The van der Waals surface area contributed by atoms with Gasteiger partial charge >= 0.3 is 0 Å². The van der Waals surface area contributed by atoms with Crippen molar-refractivity contribution in [1.82, 2.24) is 25.1 Å². The van der Waals surface area contributed by atoms with Gasteiger partial charge in [-0.3, -0.25) is 4.79 Å². The SMILES string of the molecule is O=C(CSc1nnnn1C1CCCC1)N(Cc1ccco1)C1CCCC1. The lowest BCUT2D eigenvalue weighted by molar-refractivity contribution is -0.131. The third-order valence-electron chi connectivity index (χ3n) is 5.45. The monoisotopic (exact) mass is 375 g/mol. The summed E-state index contributed by atoms with van der Waals surface area (Å²) in [6.45, 7) is 0.546. The van der Waals surface area contributed by atoms with Crippen molar-refractivity contribution in [3.8, 4) is 0 Å². The molecule has 0 bridgehead atoms. The van der Waals surface area contributed by atoms with Crippen molar-refractivity contribution in [3.63, 3.8) is 0 Å². The largest absolute Gasteiger partial charge is 0.467 e. The van der Waals surface area contributed by atoms with Gasteiger partial charge in [0.2, 0.25) is 11.1 Å². The number of thioether (sulfide) groups is 1. The molecule has 4 rings (SSSR count). The molecule has 8 heteroatoms. The van der Waals surface area contributed by atoms with Crippen LogP contribution in [-0.4, -0.2) is 42.8 Å². The van der Waals surface area contributed by atoms with Gasteiger partial charge in [0.1, 0.15) is 5.76 Å². The van der Waals surface area contributed by atoms with Crippen LogP contribution in [0.5, 0.6) is 0 Å². The number of amides is 1. The molecule has 0 spiro atoms. The fourth-order valence-electron chi connectivity index (χ4n) is 4.07. The quantitative estimate of drug-likeness (QED) is 0.690. The molecular formula is C18H25N5O2S. The molecule has 7 nitrogen and oxygen atoms in total. The Morgan fingerprint density at radius 3 is 2.73 bits per heavy atom. The highest BCUT2D eigenvalue weighted by atomic mass is 32.2. The van der Waals surface area contributed by atoms with E-state index in [1.54, 1.807) is 6.26 Å². The summed E-state index contributed by atoms with van der Waals surface area (Å²) in [5.74, 6) is 1.34. The van der Waals surface area contributed by atoms with Gasteiger partial charge in [-0.1, -0.05) is 37.4 Å². The van der Waals surface area contributed by atoms with Crippen molar-refractivity contribution in [3.05, 3.63) is 24.2 Å². The minimum Gasteiger partial charge on any atom is -0.467 e. The molecule has 2 aromatic rings. The number of furan rings is 1. The van der Waals surface area contributed by atoms with E-state index in [4.69, 9.17) is 4.42 Å². The molecule has 26 heavy (non-hydrogen) atoms. The van der Waals surface area contributed by atoms with Crippen LogP contribution in [0.15, 0.2) is 28.0 Å². The van der Waals surface area contributed by atoms with Crippen molar-refractivity contribution in [1.29, 1.82) is 0 Å². The molecular weight excluding hydrogens is 350 g/mol. The zero-order valence-electron chi connectivity index (χ0n) is 14.9. The molecule has 0 atom stereocenters. The summed E-state index contributed by atoms with van der Waals surface area (Å²) in [6, 6.07) is 4.51. The third-order valence-corrected chi connectivity index (χ3v) is 6.37. The number of tetrazole rings is 1. The van der Waals surface area contributed by atoms with Crippen molar-refractivity contribution >= 4 is 17.7 Å². The van der Waals surface area contributed by atoms with E-state index in [1.165, 1.54) is 37.4 Å². The van der Waals surface area contributed by atoms with Crippen LogP contribution in [0.25, 0.3) is 0 Å². The molecule has 2 fully saturated rings. The Morgan fingerprint density at radius 2 is 2.00 bits per heavy atom. The van der Waals surface area contributed by atoms with Crippen LogP contribution in [0.2, 0.25) is 0 Å². The number of aromatic nitrogens is 4. The molecule has 2 saturated carbocycles. The van der Waals surface area contributed by atoms with Gasteiger partial charge in [0.05, 0.1) is 24.6 Å². The predicted octanol–water partition coefficient (Wildman–Crippen LogP) is 3.44. The Kier molecular flexibility index (Phi) is 5.57. The predicted molar refractivity (Wildman–Crippen MR) is 97.6 cm³/mol. The molecule has 0 aromatic carbocycles. The summed E-state index contributed by atoms with van der Waals surface area (Å²) in [7, 11) is 0. The maximum Gasteiger partial charge on any atom is 0.233 e. The van der Waals surface area contributed by atoms with Crippen molar-refractivity contribution in [2.45, 2.75) is 75.2 Å². The molecule has 0 aliphatic heterocycles. The van der Waals surface area contributed by atoms with Gasteiger partial charge in [0.15, 0.2) is 0 Å². The van der Waals surface area contributed by atoms with Crippen molar-refractivity contribution < 1.29 is 9.21 Å². The first-order valence-corrected chi connectivity index (χ1v) is 10.5. The average Bonchev–Trinajstić information content (AvgIpc) is 3.44. The molecule has 2 aliphatic carbocycles. The average molecular weight is 375 g/mol. The smallest absolute Gasteiger partial charge is 0.233 e. The minimum absolute atomic E-state index is 0.138. The molecule has 0 unspecified atom stereocenters. The number of rotatable bonds is 7. The molecule has 140 valence electrons. The molecule has 2 heterocycles. The lowest BCUT2D eigenvalue weighted by atomic mass is 10.2. The second kappa shape index (κ2) is 8.24. The summed E-state index contributed by atoms with van der Waals surface area (Å²) >= 11 is 1.45. The molecule has 0 radical (unpaired) electrons. The summed E-state index contributed by atoms with van der Waals surface area (Å²) in [5.41, 5.74) is 0. The van der Waals surface area contributed by atoms with E-state index >= 15 is 0 Å². The van der Waals surface area contributed by atoms with Gasteiger partial charge in [-0.15, -0.1) is 5.10 Å². The lowest BCUT2D eigenvalue weighted by Gasteiger charge is -2.28. The van der Waals surface area contributed by atoms with Crippen LogP contribution in [0.3, 0.4) is 0 Å². The van der Waals surface area contributed by atoms with E-state index in [-0.39, 0.29) is 5.91 Å². The van der Waals surface area contributed by atoms with Gasteiger partial charge in [-0.2, -0.15) is 0 Å². The summed E-state index contributed by atoms with van der Waals surface area (Å²) < 4.78 is 7.39. The fourth-order valence-corrected chi connectivity index (χ4v) is 4.91. The van der Waals surface area contributed by atoms with E-state index < -0.39 is 0 Å². The Morgan fingerprint density at radius 1 is 1.23 bits per heavy atom. The highest BCUT2D eigenvalue weighted by molar-refractivity contribution is 7.99. The third kappa shape index (κ3) is 3.95. The Hall–Kier alpha value is -1.83. The summed E-state index contributed by atoms with van der Waals surface area (Å²) in [5, 5.41) is 12.9. The number of carbonyl (C=O) groups is 1. The minimum atomic E-state index is 0.138. The second-order valence-corrected chi connectivity index (χ2v) is 8.11. The van der Waals surface area contributed by atoms with Crippen LogP contribution in [0, 0.1) is 0 Å². The van der Waals surface area contributed by atoms with E-state index in [9.17, 15) is 4.79 Å². The topological polar surface area (TPSA) is 77.1 Å². The van der Waals surface area contributed by atoms with Gasteiger partial charge in [0.25, 0.3) is 0 Å². The van der Waals surface area contributed by atoms with Gasteiger partial charge in [0, 0.05) is 6.04 Å². The van der Waals surface area contributed by atoms with Crippen LogP contribution < -0.4 is 0 Å². The van der Waals surface area contributed by atoms with Crippen LogP contribution in [0.1, 0.15) is 63.2 Å². The lowest BCUT2D eigenvalue weighted by Crippen LogP contribution is -2.39. The van der Waals surface area contributed by atoms with E-state index in [1.807, 2.05) is 21.7 Å². The van der Waals surface area contributed by atoms with Gasteiger partial charge in [-0.25, -0.2) is 4.68 Å². The Labute approximate surface area is 157 Å². The summed E-state index contributed by atoms with van der Waals surface area (Å²) in [6.07, 6.45) is 10.9. The number of hydrogen-bond acceptors (Lipinski definition) is 6. The first-order chi connectivity index (χ1) is 12.8. The zero-order chi connectivity index (χ0) is 17.8. The van der Waals surface area contributed by atoms with E-state index in [2.05, 4.69) is 15.5 Å². The first kappa shape index (κ1) is 17.6. The Balaban J connectivity index is 1.40. The first-order valence-electron chi connectivity index (χ1n) is 9.54. The van der Waals surface area contributed by atoms with Crippen molar-refractivity contribution in [2.75, 3.05) is 5.75 Å². The maximum absolute atomic E-state index is 13.0. The highest BCUT2D eigenvalue weighted by Crippen LogP contribution is 2.32. The van der Waals surface area contributed by atoms with E-state index in [0.29, 0.717) is 24.4 Å². The zero-order valence-corrected chi connectivity index (χ0v) is 15.7. The van der Waals surface area contributed by atoms with Gasteiger partial charge in [-0.05, 0) is 48.2 Å². The summed E-state index contributed by atoms with van der Waals surface area (Å²) in [4.78, 5) is 15.0. The number of carbonyl (C=O) groups excluding carboxylic acids is 1. The molecule has 0 saturated heterocycles. The molecule has 0 N–H and O–H groups in total. The number of hydrogen-bond donors (Lipinski definition) is 0. The number of nitrogens with zero attached hydrogens (tertiary/aromatic N) is 5.